The van der Waals surface area contributed by atoms with Crippen LogP contribution in [0.4, 0.5) is 0 Å². The summed E-state index contributed by atoms with van der Waals surface area (Å²) in [6.45, 7) is 7.18. The molecule has 0 aliphatic rings. The van der Waals surface area contributed by atoms with Gasteiger partial charge in [-0.2, -0.15) is 0 Å². The summed E-state index contributed by atoms with van der Waals surface area (Å²) in [5.74, 6) is 0.363. The number of hydrogen-bond acceptors (Lipinski definition) is 3. The first-order valence-electron chi connectivity index (χ1n) is 6.58. The SMILES string of the molecule is Cc1cccc(CN(C)C(CO)C(N)C(C)C)c1. The summed E-state index contributed by atoms with van der Waals surface area (Å²) in [6.07, 6.45) is 0. The lowest BCUT2D eigenvalue weighted by Crippen LogP contribution is -2.50. The minimum absolute atomic E-state index is 0.00510. The van der Waals surface area contributed by atoms with Crippen LogP contribution in [0.15, 0.2) is 24.3 Å². The van der Waals surface area contributed by atoms with Crippen LogP contribution in [0.1, 0.15) is 25.0 Å². The van der Waals surface area contributed by atoms with Gasteiger partial charge in [0.2, 0.25) is 0 Å². The Hall–Kier alpha value is -0.900. The van der Waals surface area contributed by atoms with Crippen molar-refractivity contribution in [3.05, 3.63) is 35.4 Å². The first-order chi connectivity index (χ1) is 8.45. The first-order valence-corrected chi connectivity index (χ1v) is 6.58. The maximum Gasteiger partial charge on any atom is 0.0602 e. The topological polar surface area (TPSA) is 49.5 Å². The second kappa shape index (κ2) is 6.88. The number of aryl methyl sites for hydroxylation is 1. The van der Waals surface area contributed by atoms with Gasteiger partial charge in [-0.05, 0) is 25.5 Å². The Morgan fingerprint density at radius 1 is 1.33 bits per heavy atom. The number of likely N-dealkylation sites (N-methyl/N-ethyl adjacent to an activating group) is 1. The molecule has 2 unspecified atom stereocenters. The minimum Gasteiger partial charge on any atom is -0.395 e. The van der Waals surface area contributed by atoms with Crippen molar-refractivity contribution in [2.24, 2.45) is 11.7 Å². The van der Waals surface area contributed by atoms with Crippen molar-refractivity contribution in [2.45, 2.75) is 39.4 Å². The van der Waals surface area contributed by atoms with E-state index in [1.807, 2.05) is 7.05 Å². The number of aliphatic hydroxyl groups excluding tert-OH is 1. The summed E-state index contributed by atoms with van der Waals surface area (Å²) in [5, 5.41) is 9.53. The van der Waals surface area contributed by atoms with Crippen LogP contribution >= 0.6 is 0 Å². The Balaban J connectivity index is 2.70. The van der Waals surface area contributed by atoms with Crippen molar-refractivity contribution in [3.8, 4) is 0 Å². The van der Waals surface area contributed by atoms with E-state index in [9.17, 15) is 5.11 Å². The van der Waals surface area contributed by atoms with Crippen molar-refractivity contribution < 1.29 is 5.11 Å². The number of rotatable bonds is 6. The van der Waals surface area contributed by atoms with Crippen LogP contribution in [0, 0.1) is 12.8 Å². The van der Waals surface area contributed by atoms with Crippen LogP contribution in [0.2, 0.25) is 0 Å². The molecule has 0 radical (unpaired) electrons. The van der Waals surface area contributed by atoms with Crippen molar-refractivity contribution in [1.82, 2.24) is 4.90 Å². The molecule has 0 amide bonds. The Labute approximate surface area is 111 Å². The fourth-order valence-corrected chi connectivity index (χ4v) is 2.21. The molecule has 3 nitrogen and oxygen atoms in total. The summed E-state index contributed by atoms with van der Waals surface area (Å²) in [7, 11) is 2.02. The van der Waals surface area contributed by atoms with Gasteiger partial charge in [0.05, 0.1) is 6.61 Å². The third kappa shape index (κ3) is 4.09. The summed E-state index contributed by atoms with van der Waals surface area (Å²) in [6, 6.07) is 8.43. The van der Waals surface area contributed by atoms with Gasteiger partial charge in [0, 0.05) is 18.6 Å². The van der Waals surface area contributed by atoms with E-state index in [0.29, 0.717) is 5.92 Å². The van der Waals surface area contributed by atoms with E-state index in [1.165, 1.54) is 11.1 Å². The maximum atomic E-state index is 9.53. The van der Waals surface area contributed by atoms with Gasteiger partial charge < -0.3 is 10.8 Å². The second-order valence-electron chi connectivity index (χ2n) is 5.48. The molecule has 0 bridgehead atoms. The van der Waals surface area contributed by atoms with Gasteiger partial charge in [-0.1, -0.05) is 43.7 Å². The smallest absolute Gasteiger partial charge is 0.0602 e. The fourth-order valence-electron chi connectivity index (χ4n) is 2.21. The minimum atomic E-state index is -0.00944. The first kappa shape index (κ1) is 15.2. The van der Waals surface area contributed by atoms with E-state index >= 15 is 0 Å². The van der Waals surface area contributed by atoms with E-state index in [4.69, 9.17) is 5.73 Å². The maximum absolute atomic E-state index is 9.53. The number of nitrogens with zero attached hydrogens (tertiary/aromatic N) is 1. The van der Waals surface area contributed by atoms with Crippen LogP contribution in [-0.4, -0.2) is 35.7 Å². The predicted molar refractivity (Wildman–Crippen MR) is 76.3 cm³/mol. The zero-order valence-corrected chi connectivity index (χ0v) is 11.9. The normalized spacial score (nSPS) is 15.1. The molecule has 0 aliphatic heterocycles. The molecular formula is C15H26N2O. The Morgan fingerprint density at radius 2 is 2.00 bits per heavy atom. The molecule has 0 aliphatic carbocycles. The second-order valence-corrected chi connectivity index (χ2v) is 5.48. The van der Waals surface area contributed by atoms with E-state index in [2.05, 4.69) is 49.9 Å². The van der Waals surface area contributed by atoms with Crippen LogP contribution in [0.5, 0.6) is 0 Å². The summed E-state index contributed by atoms with van der Waals surface area (Å²) >= 11 is 0. The molecule has 1 rings (SSSR count). The number of nitrogens with two attached hydrogens (primary N) is 1. The van der Waals surface area contributed by atoms with Crippen molar-refractivity contribution >= 4 is 0 Å². The summed E-state index contributed by atoms with van der Waals surface area (Å²) in [5.41, 5.74) is 8.67. The molecule has 102 valence electrons. The summed E-state index contributed by atoms with van der Waals surface area (Å²) in [4.78, 5) is 2.14. The Bertz CT molecular complexity index is 365. The zero-order chi connectivity index (χ0) is 13.7. The standard InChI is InChI=1S/C15H26N2O/c1-11(2)15(16)14(10-18)17(4)9-13-7-5-6-12(3)8-13/h5-8,11,14-15,18H,9-10,16H2,1-4H3. The average molecular weight is 250 g/mol. The highest BCUT2D eigenvalue weighted by atomic mass is 16.3. The number of benzene rings is 1. The molecule has 1 aromatic rings. The molecule has 0 heterocycles. The molecule has 0 fully saturated rings. The van der Waals surface area contributed by atoms with Crippen LogP contribution in [0.3, 0.4) is 0 Å². The lowest BCUT2D eigenvalue weighted by molar-refractivity contribution is 0.107. The molecule has 0 aromatic heterocycles. The van der Waals surface area contributed by atoms with Gasteiger partial charge in [0.25, 0.3) is 0 Å². The molecule has 0 saturated carbocycles. The lowest BCUT2D eigenvalue weighted by Gasteiger charge is -2.33. The fraction of sp³-hybridized carbons (Fsp3) is 0.600. The van der Waals surface area contributed by atoms with Gasteiger partial charge >= 0.3 is 0 Å². The third-order valence-corrected chi connectivity index (χ3v) is 3.48. The lowest BCUT2D eigenvalue weighted by atomic mass is 9.96. The molecule has 0 spiro atoms. The van der Waals surface area contributed by atoms with Gasteiger partial charge in [-0.3, -0.25) is 4.90 Å². The van der Waals surface area contributed by atoms with Crippen LogP contribution in [0.25, 0.3) is 0 Å². The summed E-state index contributed by atoms with van der Waals surface area (Å²) < 4.78 is 0. The molecule has 18 heavy (non-hydrogen) atoms. The zero-order valence-electron chi connectivity index (χ0n) is 11.9. The Morgan fingerprint density at radius 3 is 2.50 bits per heavy atom. The third-order valence-electron chi connectivity index (χ3n) is 3.48. The highest BCUT2D eigenvalue weighted by Crippen LogP contribution is 2.13. The van der Waals surface area contributed by atoms with E-state index in [-0.39, 0.29) is 18.7 Å². The molecule has 0 saturated heterocycles. The number of hydrogen-bond donors (Lipinski definition) is 2. The number of aliphatic hydroxyl groups is 1. The monoisotopic (exact) mass is 250 g/mol. The van der Waals surface area contributed by atoms with Crippen LogP contribution in [-0.2, 0) is 6.54 Å². The van der Waals surface area contributed by atoms with Crippen molar-refractivity contribution in [3.63, 3.8) is 0 Å². The highest BCUT2D eigenvalue weighted by Gasteiger charge is 2.23. The molecule has 3 heteroatoms. The largest absolute Gasteiger partial charge is 0.395 e. The average Bonchev–Trinajstić information content (AvgIpc) is 2.29. The van der Waals surface area contributed by atoms with Gasteiger partial charge in [-0.15, -0.1) is 0 Å². The van der Waals surface area contributed by atoms with Gasteiger partial charge in [0.1, 0.15) is 0 Å². The van der Waals surface area contributed by atoms with E-state index in [0.717, 1.165) is 6.54 Å². The Kier molecular flexibility index (Phi) is 5.79. The van der Waals surface area contributed by atoms with E-state index in [1.54, 1.807) is 0 Å². The quantitative estimate of drug-likeness (QED) is 0.809. The predicted octanol–water partition coefficient (Wildman–Crippen LogP) is 1.77. The highest BCUT2D eigenvalue weighted by molar-refractivity contribution is 5.22. The molecule has 2 atom stereocenters. The van der Waals surface area contributed by atoms with Gasteiger partial charge in [0.15, 0.2) is 0 Å². The molecular weight excluding hydrogens is 224 g/mol. The van der Waals surface area contributed by atoms with E-state index < -0.39 is 0 Å². The van der Waals surface area contributed by atoms with Crippen LogP contribution < -0.4 is 5.73 Å². The molecule has 3 N–H and O–H groups in total. The molecule has 1 aromatic carbocycles. The van der Waals surface area contributed by atoms with Gasteiger partial charge in [-0.25, -0.2) is 0 Å². The van der Waals surface area contributed by atoms with Crippen molar-refractivity contribution in [1.29, 1.82) is 0 Å². The van der Waals surface area contributed by atoms with Crippen molar-refractivity contribution in [2.75, 3.05) is 13.7 Å².